The number of carbonyl (C=O) groups excluding carboxylic acids is 1. The predicted molar refractivity (Wildman–Crippen MR) is 128 cm³/mol. The molecule has 3 aromatic rings. The fraction of sp³-hybridized carbons (Fsp3) is 0.333. The summed E-state index contributed by atoms with van der Waals surface area (Å²) in [6.45, 7) is 4.88. The number of aromatic nitrogens is 1. The third-order valence-electron chi connectivity index (χ3n) is 5.89. The van der Waals surface area contributed by atoms with Gasteiger partial charge in [-0.2, -0.15) is 0 Å². The number of carbonyl (C=O) groups is 1. The van der Waals surface area contributed by atoms with Gasteiger partial charge in [0, 0.05) is 43.3 Å². The third-order valence-corrected chi connectivity index (χ3v) is 5.89. The number of fused-ring (bicyclic) bond motifs is 1. The van der Waals surface area contributed by atoms with Crippen LogP contribution in [0.2, 0.25) is 0 Å². The van der Waals surface area contributed by atoms with E-state index in [4.69, 9.17) is 9.47 Å². The van der Waals surface area contributed by atoms with Crippen molar-refractivity contribution in [3.63, 3.8) is 0 Å². The number of aliphatic hydroxyl groups is 1. The molecular formula is C27H30N2O4. The van der Waals surface area contributed by atoms with E-state index in [1.54, 1.807) is 12.3 Å². The van der Waals surface area contributed by atoms with Crippen molar-refractivity contribution >= 4 is 16.6 Å². The molecule has 6 nitrogen and oxygen atoms in total. The first-order valence-corrected chi connectivity index (χ1v) is 11.4. The molecule has 0 radical (unpaired) electrons. The lowest BCUT2D eigenvalue weighted by molar-refractivity contribution is 0.0421. The molecule has 1 aliphatic heterocycles. The molecule has 172 valence electrons. The Labute approximate surface area is 194 Å². The van der Waals surface area contributed by atoms with E-state index in [2.05, 4.69) is 9.88 Å². The number of benzene rings is 2. The van der Waals surface area contributed by atoms with Crippen molar-refractivity contribution in [2.24, 2.45) is 0 Å². The van der Waals surface area contributed by atoms with Crippen molar-refractivity contribution in [2.45, 2.75) is 32.0 Å². The van der Waals surface area contributed by atoms with Gasteiger partial charge in [-0.1, -0.05) is 24.3 Å². The van der Waals surface area contributed by atoms with Crippen LogP contribution in [0.1, 0.15) is 29.3 Å². The molecule has 6 heteroatoms. The Morgan fingerprint density at radius 1 is 1.18 bits per heavy atom. The van der Waals surface area contributed by atoms with Gasteiger partial charge in [0.25, 0.3) is 0 Å². The van der Waals surface area contributed by atoms with E-state index in [1.165, 1.54) is 0 Å². The van der Waals surface area contributed by atoms with Crippen molar-refractivity contribution in [3.8, 4) is 5.75 Å². The van der Waals surface area contributed by atoms with Crippen molar-refractivity contribution in [1.82, 2.24) is 9.88 Å². The molecule has 0 unspecified atom stereocenters. The highest BCUT2D eigenvalue weighted by molar-refractivity contribution is 6.06. The zero-order chi connectivity index (χ0) is 23.0. The molecule has 1 fully saturated rings. The van der Waals surface area contributed by atoms with E-state index >= 15 is 0 Å². The summed E-state index contributed by atoms with van der Waals surface area (Å²) in [5, 5.41) is 12.5. The van der Waals surface area contributed by atoms with Gasteiger partial charge in [-0.25, -0.2) is 0 Å². The van der Waals surface area contributed by atoms with Gasteiger partial charge >= 0.3 is 0 Å². The number of morpholine rings is 1. The zero-order valence-electron chi connectivity index (χ0n) is 18.9. The van der Waals surface area contributed by atoms with Gasteiger partial charge in [-0.05, 0) is 60.4 Å². The molecule has 4 rings (SSSR count). The first-order chi connectivity index (χ1) is 16.1. The molecule has 0 aliphatic carbocycles. The molecule has 1 N–H and O–H groups in total. The molecule has 33 heavy (non-hydrogen) atoms. The smallest absolute Gasteiger partial charge is 0.187 e. The van der Waals surface area contributed by atoms with Gasteiger partial charge in [-0.3, -0.25) is 9.78 Å². The number of allylic oxidation sites excluding steroid dienone is 1. The quantitative estimate of drug-likeness (QED) is 0.395. The standard InChI is InChI=1S/C27H30N2O4/c1-20(26(30)9-4-21-3-2-11-28-19-21)33-25-8-7-22-17-24(6-5-23(22)18-25)27(31)10-12-29-13-15-32-16-14-29/h2-3,5-8,10-12,17-20,26,30H,4,9,13-16H2,1H3/t20-,26+/m0/s1. The summed E-state index contributed by atoms with van der Waals surface area (Å²) in [5.74, 6) is 0.677. The second kappa shape index (κ2) is 11.1. The number of hydrogen-bond acceptors (Lipinski definition) is 6. The van der Waals surface area contributed by atoms with Crippen LogP contribution in [-0.4, -0.2) is 59.3 Å². The molecule has 0 amide bonds. The third kappa shape index (κ3) is 6.40. The van der Waals surface area contributed by atoms with Gasteiger partial charge in [0.2, 0.25) is 0 Å². The Kier molecular flexibility index (Phi) is 7.70. The lowest BCUT2D eigenvalue weighted by atomic mass is 10.0. The molecule has 1 aromatic heterocycles. The number of aryl methyl sites for hydroxylation is 1. The molecule has 2 heterocycles. The van der Waals surface area contributed by atoms with Gasteiger partial charge in [0.15, 0.2) is 5.78 Å². The van der Waals surface area contributed by atoms with Crippen LogP contribution in [0.5, 0.6) is 5.75 Å². The van der Waals surface area contributed by atoms with Gasteiger partial charge < -0.3 is 19.5 Å². The normalized spacial score (nSPS) is 16.1. The highest BCUT2D eigenvalue weighted by Crippen LogP contribution is 2.24. The van der Waals surface area contributed by atoms with Crippen LogP contribution in [0, 0.1) is 0 Å². The molecule has 0 saturated carbocycles. The summed E-state index contributed by atoms with van der Waals surface area (Å²) in [5.41, 5.74) is 1.75. The van der Waals surface area contributed by atoms with Crippen LogP contribution < -0.4 is 4.74 Å². The minimum Gasteiger partial charge on any atom is -0.488 e. The first kappa shape index (κ1) is 23.0. The van der Waals surface area contributed by atoms with Crippen LogP contribution in [0.15, 0.2) is 73.2 Å². The lowest BCUT2D eigenvalue weighted by Crippen LogP contribution is -2.32. The SMILES string of the molecule is C[C@H](Oc1ccc2cc(C(=O)C=CN3CCOCC3)ccc2c1)[C@H](O)CCc1cccnc1. The fourth-order valence-electron chi connectivity index (χ4n) is 3.83. The number of hydrogen-bond donors (Lipinski definition) is 1. The van der Waals surface area contributed by atoms with Gasteiger partial charge in [0.1, 0.15) is 11.9 Å². The number of pyridine rings is 1. The Bertz CT molecular complexity index is 1090. The number of nitrogens with zero attached hydrogens (tertiary/aromatic N) is 2. The molecule has 0 spiro atoms. The molecule has 2 atom stereocenters. The second-order valence-electron chi connectivity index (χ2n) is 8.34. The Morgan fingerprint density at radius 3 is 2.76 bits per heavy atom. The Hall–Kier alpha value is -3.22. The summed E-state index contributed by atoms with van der Waals surface area (Å²) in [7, 11) is 0. The number of ether oxygens (including phenoxy) is 2. The van der Waals surface area contributed by atoms with Gasteiger partial charge in [0.05, 0.1) is 19.3 Å². The second-order valence-corrected chi connectivity index (χ2v) is 8.34. The summed E-state index contributed by atoms with van der Waals surface area (Å²) < 4.78 is 11.3. The number of aliphatic hydroxyl groups excluding tert-OH is 1. The first-order valence-electron chi connectivity index (χ1n) is 11.4. The van der Waals surface area contributed by atoms with Crippen LogP contribution >= 0.6 is 0 Å². The molecule has 1 saturated heterocycles. The average molecular weight is 447 g/mol. The maximum Gasteiger partial charge on any atom is 0.187 e. The van der Waals surface area contributed by atoms with E-state index in [-0.39, 0.29) is 11.9 Å². The molecular weight excluding hydrogens is 416 g/mol. The van der Waals surface area contributed by atoms with Crippen molar-refractivity contribution in [2.75, 3.05) is 26.3 Å². The van der Waals surface area contributed by atoms with E-state index in [9.17, 15) is 9.90 Å². The van der Waals surface area contributed by atoms with E-state index in [0.717, 1.165) is 35.8 Å². The van der Waals surface area contributed by atoms with Crippen LogP contribution in [-0.2, 0) is 11.2 Å². The van der Waals surface area contributed by atoms with Crippen LogP contribution in [0.25, 0.3) is 10.8 Å². The van der Waals surface area contributed by atoms with E-state index in [1.807, 2.05) is 67.9 Å². The highest BCUT2D eigenvalue weighted by atomic mass is 16.5. The molecule has 1 aliphatic rings. The summed E-state index contributed by atoms with van der Waals surface area (Å²) >= 11 is 0. The molecule has 2 aromatic carbocycles. The van der Waals surface area contributed by atoms with Crippen molar-refractivity contribution in [3.05, 3.63) is 84.3 Å². The van der Waals surface area contributed by atoms with Crippen LogP contribution in [0.4, 0.5) is 0 Å². The Morgan fingerprint density at radius 2 is 1.97 bits per heavy atom. The Balaban J connectivity index is 1.35. The minimum atomic E-state index is -0.584. The molecule has 0 bridgehead atoms. The average Bonchev–Trinajstić information content (AvgIpc) is 2.86. The monoisotopic (exact) mass is 446 g/mol. The maximum absolute atomic E-state index is 12.6. The number of ketones is 1. The van der Waals surface area contributed by atoms with Crippen molar-refractivity contribution < 1.29 is 19.4 Å². The zero-order valence-corrected chi connectivity index (χ0v) is 18.9. The number of rotatable bonds is 9. The van der Waals surface area contributed by atoms with E-state index in [0.29, 0.717) is 30.9 Å². The van der Waals surface area contributed by atoms with E-state index < -0.39 is 6.10 Å². The lowest BCUT2D eigenvalue weighted by Gasteiger charge is -2.24. The van der Waals surface area contributed by atoms with Gasteiger partial charge in [-0.15, -0.1) is 0 Å². The summed E-state index contributed by atoms with van der Waals surface area (Å²) in [4.78, 5) is 18.8. The summed E-state index contributed by atoms with van der Waals surface area (Å²) in [6.07, 6.45) is 7.46. The minimum absolute atomic E-state index is 0.0194. The predicted octanol–water partition coefficient (Wildman–Crippen LogP) is 4.02. The largest absolute Gasteiger partial charge is 0.488 e. The fourth-order valence-corrected chi connectivity index (χ4v) is 3.83. The topological polar surface area (TPSA) is 71.9 Å². The van der Waals surface area contributed by atoms with Crippen LogP contribution in [0.3, 0.4) is 0 Å². The van der Waals surface area contributed by atoms with Crippen molar-refractivity contribution in [1.29, 1.82) is 0 Å². The summed E-state index contributed by atoms with van der Waals surface area (Å²) in [6, 6.07) is 15.3. The highest BCUT2D eigenvalue weighted by Gasteiger charge is 2.16. The maximum atomic E-state index is 12.6.